The van der Waals surface area contributed by atoms with Crippen LogP contribution in [0.2, 0.25) is 0 Å². The molecule has 0 saturated carbocycles. The van der Waals surface area contributed by atoms with Gasteiger partial charge in [-0.3, -0.25) is 0 Å². The van der Waals surface area contributed by atoms with Gasteiger partial charge in [-0.1, -0.05) is 26.0 Å². The van der Waals surface area contributed by atoms with Crippen molar-refractivity contribution in [1.82, 2.24) is 4.90 Å². The topological polar surface area (TPSA) is 29.3 Å². The largest absolute Gasteiger partial charge is 0.399 e. The summed E-state index contributed by atoms with van der Waals surface area (Å²) in [5, 5.41) is 0. The lowest BCUT2D eigenvalue weighted by Crippen LogP contribution is -2.38. The van der Waals surface area contributed by atoms with Gasteiger partial charge in [-0.2, -0.15) is 11.8 Å². The maximum absolute atomic E-state index is 5.76. The van der Waals surface area contributed by atoms with Gasteiger partial charge < -0.3 is 10.6 Å². The highest BCUT2D eigenvalue weighted by molar-refractivity contribution is 7.99. The van der Waals surface area contributed by atoms with Gasteiger partial charge in [0.05, 0.1) is 0 Å². The number of anilines is 1. The number of benzene rings is 1. The molecule has 0 aliphatic carbocycles. The molecule has 0 unspecified atom stereocenters. The number of thioether (sulfide) groups is 1. The molecule has 2 nitrogen and oxygen atoms in total. The van der Waals surface area contributed by atoms with Crippen molar-refractivity contribution in [2.45, 2.75) is 25.7 Å². The van der Waals surface area contributed by atoms with Gasteiger partial charge in [-0.05, 0) is 36.4 Å². The van der Waals surface area contributed by atoms with Crippen LogP contribution in [0, 0.1) is 0 Å². The molecular weight excluding hydrogens is 240 g/mol. The van der Waals surface area contributed by atoms with Crippen molar-refractivity contribution in [3.8, 4) is 0 Å². The molecule has 100 valence electrons. The first-order valence-electron chi connectivity index (χ1n) is 6.74. The van der Waals surface area contributed by atoms with Gasteiger partial charge in [0, 0.05) is 29.9 Å². The van der Waals surface area contributed by atoms with Gasteiger partial charge >= 0.3 is 0 Å². The molecule has 3 heteroatoms. The highest BCUT2D eigenvalue weighted by Crippen LogP contribution is 2.26. The van der Waals surface area contributed by atoms with E-state index in [9.17, 15) is 0 Å². The molecule has 1 heterocycles. The summed E-state index contributed by atoms with van der Waals surface area (Å²) in [4.78, 5) is 2.61. The van der Waals surface area contributed by atoms with Crippen LogP contribution in [-0.4, -0.2) is 36.0 Å². The Hall–Kier alpha value is -0.670. The second-order valence-electron chi connectivity index (χ2n) is 5.75. The first kappa shape index (κ1) is 13.8. The third-order valence-corrected chi connectivity index (χ3v) is 4.67. The average molecular weight is 264 g/mol. The van der Waals surface area contributed by atoms with E-state index < -0.39 is 0 Å². The third-order valence-electron chi connectivity index (χ3n) is 3.63. The first-order valence-corrected chi connectivity index (χ1v) is 7.89. The second kappa shape index (κ2) is 5.98. The number of hydrogen-bond donors (Lipinski definition) is 1. The predicted octanol–water partition coefficient (Wildman–Crippen LogP) is 2.99. The lowest BCUT2D eigenvalue weighted by molar-refractivity contribution is 0.239. The monoisotopic (exact) mass is 264 g/mol. The van der Waals surface area contributed by atoms with E-state index in [4.69, 9.17) is 5.73 Å². The minimum atomic E-state index is 0.197. The fourth-order valence-corrected chi connectivity index (χ4v) is 3.47. The molecule has 2 N–H and O–H groups in total. The first-order chi connectivity index (χ1) is 8.58. The summed E-state index contributed by atoms with van der Waals surface area (Å²) in [6.45, 7) is 8.26. The van der Waals surface area contributed by atoms with Crippen molar-refractivity contribution < 1.29 is 0 Å². The molecule has 0 spiro atoms. The van der Waals surface area contributed by atoms with E-state index in [1.807, 2.05) is 12.1 Å². The van der Waals surface area contributed by atoms with E-state index in [0.717, 1.165) is 12.2 Å². The molecule has 0 radical (unpaired) electrons. The van der Waals surface area contributed by atoms with Crippen molar-refractivity contribution in [2.24, 2.45) is 0 Å². The summed E-state index contributed by atoms with van der Waals surface area (Å²) < 4.78 is 0. The Kier molecular flexibility index (Phi) is 4.57. The molecule has 0 bridgehead atoms. The minimum Gasteiger partial charge on any atom is -0.399 e. The number of nitrogens with two attached hydrogens (primary N) is 1. The predicted molar refractivity (Wildman–Crippen MR) is 82.3 cm³/mol. The molecule has 1 saturated heterocycles. The van der Waals surface area contributed by atoms with Crippen LogP contribution < -0.4 is 5.73 Å². The maximum atomic E-state index is 5.76. The van der Waals surface area contributed by atoms with Gasteiger partial charge in [0.2, 0.25) is 0 Å². The fraction of sp³-hybridized carbons (Fsp3) is 0.600. The zero-order valence-electron chi connectivity index (χ0n) is 11.5. The van der Waals surface area contributed by atoms with Crippen molar-refractivity contribution in [1.29, 1.82) is 0 Å². The quantitative estimate of drug-likeness (QED) is 0.851. The van der Waals surface area contributed by atoms with Crippen molar-refractivity contribution in [3.63, 3.8) is 0 Å². The molecule has 18 heavy (non-hydrogen) atoms. The standard InChI is InChI=1S/C15H24N2S/c1-15(2,13-4-6-14(16)7-5-13)12-17-8-3-10-18-11-9-17/h4-7H,3,8-12,16H2,1-2H3. The Morgan fingerprint density at radius 3 is 2.61 bits per heavy atom. The summed E-state index contributed by atoms with van der Waals surface area (Å²) in [6, 6.07) is 8.36. The Morgan fingerprint density at radius 2 is 1.89 bits per heavy atom. The van der Waals surface area contributed by atoms with Gasteiger partial charge in [0.25, 0.3) is 0 Å². The Bertz CT molecular complexity index is 365. The maximum Gasteiger partial charge on any atom is 0.0314 e. The molecule has 0 amide bonds. The van der Waals surface area contributed by atoms with Crippen LogP contribution in [0.1, 0.15) is 25.8 Å². The van der Waals surface area contributed by atoms with Gasteiger partial charge in [0.15, 0.2) is 0 Å². The van der Waals surface area contributed by atoms with Crippen LogP contribution in [-0.2, 0) is 5.41 Å². The van der Waals surface area contributed by atoms with E-state index >= 15 is 0 Å². The van der Waals surface area contributed by atoms with Crippen molar-refractivity contribution >= 4 is 17.4 Å². The highest BCUT2D eigenvalue weighted by atomic mass is 32.2. The lowest BCUT2D eigenvalue weighted by Gasteiger charge is -2.32. The van der Waals surface area contributed by atoms with Crippen LogP contribution in [0.5, 0.6) is 0 Å². The lowest BCUT2D eigenvalue weighted by atomic mass is 9.84. The van der Waals surface area contributed by atoms with Crippen LogP contribution in [0.25, 0.3) is 0 Å². The summed E-state index contributed by atoms with van der Waals surface area (Å²) >= 11 is 2.09. The highest BCUT2D eigenvalue weighted by Gasteiger charge is 2.24. The molecular formula is C15H24N2S. The Balaban J connectivity index is 2.03. The zero-order chi connectivity index (χ0) is 13.0. The molecule has 2 rings (SSSR count). The molecule has 1 aliphatic heterocycles. The fourth-order valence-electron chi connectivity index (χ4n) is 2.54. The van der Waals surface area contributed by atoms with Crippen LogP contribution >= 0.6 is 11.8 Å². The minimum absolute atomic E-state index is 0.197. The number of nitrogens with zero attached hydrogens (tertiary/aromatic N) is 1. The Labute approximate surface area is 115 Å². The van der Waals surface area contributed by atoms with E-state index in [1.54, 1.807) is 0 Å². The molecule has 0 aromatic heterocycles. The third kappa shape index (κ3) is 3.66. The molecule has 1 aromatic carbocycles. The summed E-state index contributed by atoms with van der Waals surface area (Å²) in [5.41, 5.74) is 8.19. The smallest absolute Gasteiger partial charge is 0.0314 e. The van der Waals surface area contributed by atoms with Crippen LogP contribution in [0.15, 0.2) is 24.3 Å². The number of nitrogen functional groups attached to an aromatic ring is 1. The van der Waals surface area contributed by atoms with Crippen LogP contribution in [0.4, 0.5) is 5.69 Å². The van der Waals surface area contributed by atoms with E-state index in [2.05, 4.69) is 42.6 Å². The SMILES string of the molecule is CC(C)(CN1CCCSCC1)c1ccc(N)cc1. The van der Waals surface area contributed by atoms with E-state index in [1.165, 1.54) is 36.6 Å². The Morgan fingerprint density at radius 1 is 1.17 bits per heavy atom. The summed E-state index contributed by atoms with van der Waals surface area (Å²) in [5.74, 6) is 2.59. The summed E-state index contributed by atoms with van der Waals surface area (Å²) in [7, 11) is 0. The molecule has 0 atom stereocenters. The van der Waals surface area contributed by atoms with Crippen molar-refractivity contribution in [2.75, 3.05) is 36.9 Å². The second-order valence-corrected chi connectivity index (χ2v) is 6.97. The zero-order valence-corrected chi connectivity index (χ0v) is 12.3. The summed E-state index contributed by atoms with van der Waals surface area (Å²) in [6.07, 6.45) is 1.32. The van der Waals surface area contributed by atoms with Gasteiger partial charge in [-0.25, -0.2) is 0 Å². The van der Waals surface area contributed by atoms with Crippen molar-refractivity contribution in [3.05, 3.63) is 29.8 Å². The van der Waals surface area contributed by atoms with Crippen LogP contribution in [0.3, 0.4) is 0 Å². The molecule has 1 aromatic rings. The molecule has 1 fully saturated rings. The number of rotatable bonds is 3. The van der Waals surface area contributed by atoms with E-state index in [-0.39, 0.29) is 5.41 Å². The molecule has 1 aliphatic rings. The number of hydrogen-bond acceptors (Lipinski definition) is 3. The van der Waals surface area contributed by atoms with Gasteiger partial charge in [0.1, 0.15) is 0 Å². The normalized spacial score (nSPS) is 18.6. The van der Waals surface area contributed by atoms with Gasteiger partial charge in [-0.15, -0.1) is 0 Å². The van der Waals surface area contributed by atoms with E-state index in [0.29, 0.717) is 0 Å². The average Bonchev–Trinajstić information content (AvgIpc) is 2.57.